The molecule has 0 aromatic heterocycles. The van der Waals surface area contributed by atoms with Crippen LogP contribution in [0.2, 0.25) is 0 Å². The molecule has 18 nitrogen and oxygen atoms in total. The van der Waals surface area contributed by atoms with Gasteiger partial charge in [0.15, 0.2) is 0 Å². The number of carbonyl (C=O) groups is 7. The number of hydrogen-bond acceptors (Lipinski definition) is 11. The van der Waals surface area contributed by atoms with Crippen LogP contribution in [0.4, 0.5) is 0 Å². The van der Waals surface area contributed by atoms with Gasteiger partial charge >= 0.3 is 41.8 Å². The van der Waals surface area contributed by atoms with Crippen LogP contribution in [0.25, 0.3) is 0 Å². The third kappa shape index (κ3) is 8.56. The smallest absolute Gasteiger partial charge is 0.304 e. The van der Waals surface area contributed by atoms with Crippen LogP contribution in [0.1, 0.15) is 126 Å². The van der Waals surface area contributed by atoms with Gasteiger partial charge in [0.1, 0.15) is 0 Å². The molecule has 8 N–H and O–H groups in total. The Balaban J connectivity index is 2.03. The van der Waals surface area contributed by atoms with Crippen LogP contribution < -0.4 is 5.32 Å². The van der Waals surface area contributed by atoms with E-state index >= 15 is 0 Å². The van der Waals surface area contributed by atoms with Crippen LogP contribution >= 0.6 is 0 Å². The Morgan fingerprint density at radius 2 is 1.25 bits per heavy atom. The molecule has 5 rings (SSSR count). The lowest BCUT2D eigenvalue weighted by Gasteiger charge is -2.48. The molecule has 1 unspecified atom stereocenters. The largest absolute Gasteiger partial charge is 0.481 e. The maximum Gasteiger partial charge on any atom is 0.304 e. The summed E-state index contributed by atoms with van der Waals surface area (Å²) in [7, 11) is 0. The van der Waals surface area contributed by atoms with E-state index in [0.717, 1.165) is 0 Å². The lowest BCUT2D eigenvalue weighted by molar-refractivity contribution is -0.143. The standard InChI is InChI=1S/C45H60N4O14/c1-21-36-24(10-13-30(52)53)41(3,4)28(47-36)18-27-23(9-12-29(50)51)43(6,19-34(60)61)39(46-27)22(2)37-25(11-14-31(54)55)44(7,20-35(62)63)45(8,49-37)40-26(17-33(58)59)42(5,38(21)48-40)16-15-32(56)57/h18,23-26,40,46H,9-17,19-20H2,1-8H3,(H,50,51)(H,52,53)(H,54,55)(H,56,57)(H,58,59)(H,60,61)(H,62,63)/b27-18-,36-21-,39-22-/t23-,24-,25-,26+,40-,42-,43+,44+,45?/m1/s1/i23+2,24+2,25+2,28+2,39+2,40+2,42+2,45+2. The van der Waals surface area contributed by atoms with Crippen molar-refractivity contribution >= 4 is 58.9 Å². The lowest BCUT2D eigenvalue weighted by atomic mass is 10.0. The van der Waals surface area contributed by atoms with E-state index in [4.69, 9.17) is 15.0 Å². The zero-order valence-electron chi connectivity index (χ0n) is 37.1. The molecule has 0 saturated carbocycles. The summed E-state index contributed by atoms with van der Waals surface area (Å²) >= 11 is 0. The Bertz CT molecular complexity index is 2220. The third-order valence-corrected chi connectivity index (χ3v) is 15.3. The van der Waals surface area contributed by atoms with Crippen molar-refractivity contribution in [1.29, 1.82) is 0 Å². The summed E-state index contributed by atoms with van der Waals surface area (Å²) in [6.07, 6.45) is -1.45. The number of carboxylic acid groups (broad SMARTS) is 7. The van der Waals surface area contributed by atoms with Gasteiger partial charge in [-0.1, -0.05) is 34.6 Å². The van der Waals surface area contributed by atoms with Crippen molar-refractivity contribution < 1.29 is 69.3 Å². The predicted octanol–water partition coefficient (Wildman–Crippen LogP) is 5.92. The fourth-order valence-electron chi connectivity index (χ4n) is 11.8. The second-order valence-electron chi connectivity index (χ2n) is 19.5. The highest BCUT2D eigenvalue weighted by atomic mass is 16.4. The maximum absolute atomic E-state index is 13.1. The molecule has 9 atom stereocenters. The number of aliphatic carboxylic acids is 7. The van der Waals surface area contributed by atoms with E-state index in [1.54, 1.807) is 47.6 Å². The van der Waals surface area contributed by atoms with Gasteiger partial charge in [-0.05, 0) is 63.7 Å². The highest BCUT2D eigenvalue weighted by Crippen LogP contribution is 2.62. The highest BCUT2D eigenvalue weighted by Gasteiger charge is 2.66. The van der Waals surface area contributed by atoms with Crippen LogP contribution in [-0.4, -0.2) is 106 Å². The number of hydrogen-bond donors (Lipinski definition) is 8. The summed E-state index contributed by atoms with van der Waals surface area (Å²) in [5.41, 5.74) is -3.60. The third-order valence-electron chi connectivity index (χ3n) is 15.3. The number of fused-ring (bicyclic) bond motifs is 6. The topological polar surface area (TPSA) is 310 Å². The molecule has 5 aliphatic heterocycles. The zero-order valence-corrected chi connectivity index (χ0v) is 37.1. The molecule has 18 heteroatoms. The van der Waals surface area contributed by atoms with Gasteiger partial charge in [0.05, 0.1) is 30.8 Å². The molecule has 63 heavy (non-hydrogen) atoms. The van der Waals surface area contributed by atoms with Gasteiger partial charge in [-0.25, -0.2) is 0 Å². The molecule has 5 heterocycles. The van der Waals surface area contributed by atoms with Crippen molar-refractivity contribution in [2.45, 2.75) is 138 Å². The quantitative estimate of drug-likeness (QED) is 0.0792. The second kappa shape index (κ2) is 17.1. The second-order valence-corrected chi connectivity index (χ2v) is 19.5. The van der Waals surface area contributed by atoms with Crippen LogP contribution in [0.15, 0.2) is 49.3 Å². The summed E-state index contributed by atoms with van der Waals surface area (Å²) in [6, 6.07) is -1.15. The molecular formula is C45H60N4O14. The van der Waals surface area contributed by atoms with Gasteiger partial charge in [-0.3, -0.25) is 48.5 Å². The van der Waals surface area contributed by atoms with Crippen LogP contribution in [0.3, 0.4) is 0 Å². The molecule has 1 fully saturated rings. The molecular weight excluding hydrogens is 836 g/mol. The van der Waals surface area contributed by atoms with Gasteiger partial charge in [0.25, 0.3) is 0 Å². The van der Waals surface area contributed by atoms with E-state index in [9.17, 15) is 69.3 Å². The molecule has 0 aromatic rings. The molecule has 0 aliphatic carbocycles. The average Bonchev–Trinajstić information content (AvgIpc) is 3.75. The molecule has 0 spiro atoms. The van der Waals surface area contributed by atoms with Gasteiger partial charge in [0, 0.05) is 105 Å². The Labute approximate surface area is 365 Å². The van der Waals surface area contributed by atoms with Crippen molar-refractivity contribution in [1.82, 2.24) is 5.32 Å². The van der Waals surface area contributed by atoms with E-state index in [2.05, 4.69) is 5.32 Å². The summed E-state index contributed by atoms with van der Waals surface area (Å²) in [6.45, 7) is 13.9. The van der Waals surface area contributed by atoms with Crippen LogP contribution in [0, 0.1) is 45.3 Å². The fourth-order valence-corrected chi connectivity index (χ4v) is 11.8. The van der Waals surface area contributed by atoms with Gasteiger partial charge in [-0.15, -0.1) is 0 Å². The molecule has 1 saturated heterocycles. The Morgan fingerprint density at radius 1 is 0.730 bits per heavy atom. The first kappa shape index (κ1) is 48.4. The van der Waals surface area contributed by atoms with E-state index < -0.39 is 131 Å². The number of aliphatic imine (C=N–C) groups is 3. The van der Waals surface area contributed by atoms with Gasteiger partial charge in [0.2, 0.25) is 0 Å². The number of carboxylic acids is 7. The Hall–Kier alpha value is -5.68. The summed E-state index contributed by atoms with van der Waals surface area (Å²) in [4.78, 5) is 104. The van der Waals surface area contributed by atoms with E-state index in [0.29, 0.717) is 39.7 Å². The molecule has 344 valence electrons. The van der Waals surface area contributed by atoms with Crippen molar-refractivity contribution in [2.24, 2.45) is 60.3 Å². The minimum absolute atomic E-state index is 0.0202. The van der Waals surface area contributed by atoms with E-state index in [1.807, 2.05) is 13.8 Å². The molecule has 0 amide bonds. The minimum Gasteiger partial charge on any atom is -0.481 e. The molecule has 0 aromatic carbocycles. The van der Waals surface area contributed by atoms with Gasteiger partial charge < -0.3 is 41.1 Å². The van der Waals surface area contributed by atoms with Crippen molar-refractivity contribution in [3.8, 4) is 0 Å². The van der Waals surface area contributed by atoms with Crippen molar-refractivity contribution in [3.05, 3.63) is 34.3 Å². The summed E-state index contributed by atoms with van der Waals surface area (Å²) in [5, 5.41) is 75.1. The number of nitrogens with zero attached hydrogens (tertiary/aromatic N) is 3. The number of rotatable bonds is 18. The van der Waals surface area contributed by atoms with Gasteiger partial charge in [-0.2, -0.15) is 0 Å². The lowest BCUT2D eigenvalue weighted by Crippen LogP contribution is -2.55. The summed E-state index contributed by atoms with van der Waals surface area (Å²) in [5.74, 6) is -11.5. The fraction of sp³-hybridized carbons (Fsp3) is 0.644. The first-order chi connectivity index (χ1) is 29.0. The van der Waals surface area contributed by atoms with Crippen LogP contribution in [0.5, 0.6) is 0 Å². The Kier molecular flexibility index (Phi) is 13.1. The number of allylic oxidation sites excluding steroid dienone is 6. The molecule has 0 radical (unpaired) electrons. The first-order valence-electron chi connectivity index (χ1n) is 21.3. The monoisotopic (exact) mass is 896 g/mol. The first-order valence-corrected chi connectivity index (χ1v) is 21.3. The molecule has 8 bridgehead atoms. The van der Waals surface area contributed by atoms with E-state index in [1.165, 1.54) is 0 Å². The SMILES string of the molecule is C/C1=C2N=[14C](/C=C3\N/[14C](=C(/C)C4=N[14C](C)([14C@@H]5N=C1[14C@](C)(CCC(=O)O)[C@H]5CC(=O)O)[C@@](C)(CC(=O)O)[14C@@H]4CCC(=O)O)[C@@](C)(CC(=O)O)[14C@@H]3CCC(=O)O)C(C)(C)[14C@@H]/2CCC(=O)O. The minimum atomic E-state index is -1.63. The van der Waals surface area contributed by atoms with Crippen molar-refractivity contribution in [3.63, 3.8) is 0 Å². The van der Waals surface area contributed by atoms with Crippen molar-refractivity contribution in [2.75, 3.05) is 0 Å². The Morgan fingerprint density at radius 3 is 1.76 bits per heavy atom. The number of nitrogens with one attached hydrogen (secondary N) is 1. The van der Waals surface area contributed by atoms with E-state index in [-0.39, 0.29) is 44.2 Å². The predicted molar refractivity (Wildman–Crippen MR) is 227 cm³/mol. The molecule has 5 aliphatic rings. The average molecular weight is 897 g/mol. The van der Waals surface area contributed by atoms with Crippen LogP contribution in [-0.2, 0) is 33.6 Å². The zero-order chi connectivity index (χ0) is 47.4. The highest BCUT2D eigenvalue weighted by molar-refractivity contribution is 6.10. The summed E-state index contributed by atoms with van der Waals surface area (Å²) < 4.78 is 0. The normalized spacial score (nSPS) is 36.2. The maximum atomic E-state index is 13.1.